The molecule has 1 aliphatic heterocycles. The largest absolute Gasteiger partial charge is 0.453 e. The van der Waals surface area contributed by atoms with E-state index in [4.69, 9.17) is 4.74 Å². The Morgan fingerprint density at radius 1 is 1.18 bits per heavy atom. The van der Waals surface area contributed by atoms with Gasteiger partial charge >= 0.3 is 6.09 Å². The minimum Gasteiger partial charge on any atom is -0.453 e. The van der Waals surface area contributed by atoms with Crippen LogP contribution in [-0.4, -0.2) is 71.7 Å². The molecule has 1 heterocycles. The molecular weight excluding hydrogens is 450 g/mol. The number of aliphatic hydroxyl groups excluding tert-OH is 1. The second-order valence-corrected chi connectivity index (χ2v) is 11.8. The van der Waals surface area contributed by atoms with Gasteiger partial charge in [0.15, 0.2) is 0 Å². The first-order chi connectivity index (χ1) is 16.2. The average Bonchev–Trinajstić information content (AvgIpc) is 2.80. The van der Waals surface area contributed by atoms with E-state index < -0.39 is 18.2 Å². The summed E-state index contributed by atoms with van der Waals surface area (Å²) in [6.45, 7) is 7.12. The number of carbonyl (C=O) groups excluding carboxylic acids is 2. The number of aliphatic hydroxyl groups is 1. The van der Waals surface area contributed by atoms with Crippen LogP contribution in [0, 0.1) is 11.8 Å². The van der Waals surface area contributed by atoms with Gasteiger partial charge in [-0.3, -0.25) is 9.69 Å². The van der Waals surface area contributed by atoms with Crippen LogP contribution in [0.2, 0.25) is 0 Å². The molecule has 2 fully saturated rings. The summed E-state index contributed by atoms with van der Waals surface area (Å²) in [5.74, 6) is 1.65. The number of nitrogens with zero attached hydrogens (tertiary/aromatic N) is 1. The Kier molecular flexibility index (Phi) is 9.68. The van der Waals surface area contributed by atoms with Crippen LogP contribution in [0.4, 0.5) is 4.79 Å². The van der Waals surface area contributed by atoms with Crippen LogP contribution in [-0.2, 0) is 9.53 Å². The highest BCUT2D eigenvalue weighted by Crippen LogP contribution is 2.39. The lowest BCUT2D eigenvalue weighted by atomic mass is 9.72. The Balaban J connectivity index is 1.72. The second kappa shape index (κ2) is 12.3. The molecule has 8 heteroatoms. The highest BCUT2D eigenvalue weighted by molar-refractivity contribution is 7.99. The number of hydrogen-bond acceptors (Lipinski definition) is 6. The van der Waals surface area contributed by atoms with E-state index in [9.17, 15) is 14.7 Å². The number of thioether (sulfide) groups is 1. The fourth-order valence-electron chi connectivity index (χ4n) is 5.16. The number of piperidine rings is 1. The van der Waals surface area contributed by atoms with Crippen LogP contribution >= 0.6 is 11.8 Å². The van der Waals surface area contributed by atoms with Gasteiger partial charge in [-0.25, -0.2) is 4.79 Å². The minimum absolute atomic E-state index is 0.0276. The number of amides is 2. The monoisotopic (exact) mass is 491 g/mol. The van der Waals surface area contributed by atoms with Crippen molar-refractivity contribution in [1.82, 2.24) is 15.5 Å². The van der Waals surface area contributed by atoms with Crippen molar-refractivity contribution >= 4 is 23.8 Å². The Bertz CT molecular complexity index is 801. The normalized spacial score (nSPS) is 25.0. The van der Waals surface area contributed by atoms with Crippen molar-refractivity contribution in [2.75, 3.05) is 26.0 Å². The summed E-state index contributed by atoms with van der Waals surface area (Å²) in [7, 11) is 1.32. The zero-order chi connectivity index (χ0) is 24.7. The van der Waals surface area contributed by atoms with Crippen molar-refractivity contribution in [3.05, 3.63) is 30.3 Å². The Hall–Kier alpha value is -1.77. The molecule has 1 aromatic rings. The number of nitrogens with one attached hydrogen (secondary N) is 2. The number of hydrogen-bond donors (Lipinski definition) is 3. The van der Waals surface area contributed by atoms with E-state index in [1.165, 1.54) is 32.8 Å². The number of likely N-dealkylation sites (tertiary alicyclic amines) is 1. The summed E-state index contributed by atoms with van der Waals surface area (Å²) in [6, 6.07) is 9.13. The van der Waals surface area contributed by atoms with E-state index in [-0.39, 0.29) is 17.5 Å². The van der Waals surface area contributed by atoms with Crippen molar-refractivity contribution in [2.45, 2.75) is 81.5 Å². The standard InChI is InChI=1S/C26H41N3O4S/c1-26(2,3)28-24(31)22-14-18-10-8-9-11-19(18)15-29(22)16-23(30)21(27-25(32)33-4)17-34-20-12-6-5-7-13-20/h5-7,12-13,18-19,21-23,30H,8-11,14-17H2,1-4H3,(H,27,32)(H,28,31)/t18?,19?,21-,22?,23?/m0/s1. The van der Waals surface area contributed by atoms with Gasteiger partial charge in [-0.1, -0.05) is 37.5 Å². The first-order valence-electron chi connectivity index (χ1n) is 12.4. The SMILES string of the molecule is COC(=O)N[C@@H](CSc1ccccc1)C(O)CN1CC2CCCCC2CC1C(=O)NC(C)(C)C. The van der Waals surface area contributed by atoms with Gasteiger partial charge in [0.2, 0.25) is 5.91 Å². The van der Waals surface area contributed by atoms with Gasteiger partial charge in [0.05, 0.1) is 25.3 Å². The smallest absolute Gasteiger partial charge is 0.407 e. The number of fused-ring (bicyclic) bond motifs is 1. The zero-order valence-electron chi connectivity index (χ0n) is 21.0. The molecule has 3 rings (SSSR count). The minimum atomic E-state index is -0.833. The molecule has 34 heavy (non-hydrogen) atoms. The molecule has 190 valence electrons. The molecule has 2 aliphatic rings. The fourth-order valence-corrected chi connectivity index (χ4v) is 6.18. The van der Waals surface area contributed by atoms with Gasteiger partial charge in [-0.2, -0.15) is 0 Å². The number of benzene rings is 1. The number of rotatable bonds is 8. The Morgan fingerprint density at radius 3 is 2.50 bits per heavy atom. The number of carbonyl (C=O) groups is 2. The van der Waals surface area contributed by atoms with Crippen LogP contribution in [0.1, 0.15) is 52.9 Å². The van der Waals surface area contributed by atoms with Crippen LogP contribution in [0.5, 0.6) is 0 Å². The summed E-state index contributed by atoms with van der Waals surface area (Å²) in [6.07, 6.45) is 4.26. The number of alkyl carbamates (subject to hydrolysis) is 1. The molecule has 1 aromatic carbocycles. The van der Waals surface area contributed by atoms with Crippen molar-refractivity contribution in [2.24, 2.45) is 11.8 Å². The van der Waals surface area contributed by atoms with Crippen LogP contribution in [0.25, 0.3) is 0 Å². The second-order valence-electron chi connectivity index (χ2n) is 10.7. The van der Waals surface area contributed by atoms with Crippen molar-refractivity contribution < 1.29 is 19.4 Å². The van der Waals surface area contributed by atoms with Gasteiger partial charge in [0.1, 0.15) is 0 Å². The maximum Gasteiger partial charge on any atom is 0.407 e. The summed E-state index contributed by atoms with van der Waals surface area (Å²) >= 11 is 1.58. The lowest BCUT2D eigenvalue weighted by Gasteiger charge is -2.47. The Labute approximate surface area is 208 Å². The van der Waals surface area contributed by atoms with Crippen LogP contribution in [0.3, 0.4) is 0 Å². The van der Waals surface area contributed by atoms with Gasteiger partial charge < -0.3 is 20.5 Å². The van der Waals surface area contributed by atoms with E-state index in [2.05, 4.69) is 15.5 Å². The molecule has 3 N–H and O–H groups in total. The molecule has 7 nitrogen and oxygen atoms in total. The molecule has 0 aromatic heterocycles. The van der Waals surface area contributed by atoms with Crippen molar-refractivity contribution in [3.8, 4) is 0 Å². The third-order valence-corrected chi connectivity index (χ3v) is 7.98. The first-order valence-corrected chi connectivity index (χ1v) is 13.4. The highest BCUT2D eigenvalue weighted by atomic mass is 32.2. The fraction of sp³-hybridized carbons (Fsp3) is 0.692. The molecule has 5 atom stereocenters. The molecule has 2 amide bonds. The van der Waals surface area contributed by atoms with Gasteiger partial charge in [0, 0.05) is 29.3 Å². The summed E-state index contributed by atoms with van der Waals surface area (Å²) in [4.78, 5) is 28.5. The summed E-state index contributed by atoms with van der Waals surface area (Å²) in [5, 5.41) is 17.2. The number of ether oxygens (including phenoxy) is 1. The summed E-state index contributed by atoms with van der Waals surface area (Å²) < 4.78 is 4.81. The number of β-amino-alcohol motifs (C(OH)–C–C–N with tert-alkyl or cyclic N) is 1. The molecule has 4 unspecified atom stereocenters. The van der Waals surface area contributed by atoms with E-state index in [0.29, 0.717) is 24.1 Å². The molecule has 0 radical (unpaired) electrons. The van der Waals surface area contributed by atoms with Gasteiger partial charge in [-0.05, 0) is 57.6 Å². The summed E-state index contributed by atoms with van der Waals surface area (Å²) in [5.41, 5.74) is -0.313. The maximum atomic E-state index is 13.3. The van der Waals surface area contributed by atoms with Crippen molar-refractivity contribution in [3.63, 3.8) is 0 Å². The lowest BCUT2D eigenvalue weighted by molar-refractivity contribution is -0.132. The Morgan fingerprint density at radius 2 is 1.85 bits per heavy atom. The van der Waals surface area contributed by atoms with E-state index >= 15 is 0 Å². The van der Waals surface area contributed by atoms with Crippen LogP contribution in [0.15, 0.2) is 35.2 Å². The lowest BCUT2D eigenvalue weighted by Crippen LogP contribution is -2.60. The molecular formula is C26H41N3O4S. The third kappa shape index (κ3) is 7.89. The van der Waals surface area contributed by atoms with Gasteiger partial charge in [-0.15, -0.1) is 11.8 Å². The number of methoxy groups -OCH3 is 1. The van der Waals surface area contributed by atoms with E-state index in [1.807, 2.05) is 51.1 Å². The van der Waals surface area contributed by atoms with E-state index in [0.717, 1.165) is 17.9 Å². The van der Waals surface area contributed by atoms with Gasteiger partial charge in [0.25, 0.3) is 0 Å². The predicted molar refractivity (Wildman–Crippen MR) is 136 cm³/mol. The topological polar surface area (TPSA) is 90.9 Å². The highest BCUT2D eigenvalue weighted by Gasteiger charge is 2.41. The van der Waals surface area contributed by atoms with Crippen LogP contribution < -0.4 is 10.6 Å². The van der Waals surface area contributed by atoms with E-state index in [1.54, 1.807) is 11.8 Å². The molecule has 0 bridgehead atoms. The quantitative estimate of drug-likeness (QED) is 0.481. The molecule has 1 aliphatic carbocycles. The van der Waals surface area contributed by atoms with Crippen molar-refractivity contribution in [1.29, 1.82) is 0 Å². The molecule has 1 saturated carbocycles. The molecule has 0 spiro atoms. The molecule has 1 saturated heterocycles. The predicted octanol–water partition coefficient (Wildman–Crippen LogP) is 3.66. The first kappa shape index (κ1) is 26.8. The average molecular weight is 492 g/mol. The zero-order valence-corrected chi connectivity index (χ0v) is 21.8. The maximum absolute atomic E-state index is 13.3. The third-order valence-electron chi connectivity index (χ3n) is 6.85.